The molecule has 1 aromatic rings. The molecule has 1 aromatic carbocycles. The van der Waals surface area contributed by atoms with Crippen LogP contribution >= 0.6 is 0 Å². The highest BCUT2D eigenvalue weighted by Gasteiger charge is 2.25. The van der Waals surface area contributed by atoms with Crippen molar-refractivity contribution >= 4 is 23.4 Å². The summed E-state index contributed by atoms with van der Waals surface area (Å²) in [4.78, 5) is 14.1. The van der Waals surface area contributed by atoms with Crippen LogP contribution in [0.25, 0.3) is 6.08 Å². The number of hydrogen-bond donors (Lipinski definition) is 1. The van der Waals surface area contributed by atoms with E-state index in [1.807, 2.05) is 55.4 Å². The summed E-state index contributed by atoms with van der Waals surface area (Å²) >= 11 is 0. The molecule has 116 valence electrons. The van der Waals surface area contributed by atoms with Crippen LogP contribution in [0.2, 0.25) is 0 Å². The zero-order valence-corrected chi connectivity index (χ0v) is 13.2. The Balaban J connectivity index is 2.08. The molecule has 0 fully saturated rings. The van der Waals surface area contributed by atoms with E-state index in [4.69, 9.17) is 5.11 Å². The van der Waals surface area contributed by atoms with Crippen molar-refractivity contribution in [1.29, 1.82) is 0 Å². The molecule has 0 unspecified atom stereocenters. The highest BCUT2D eigenvalue weighted by Crippen LogP contribution is 2.16. The molecule has 1 aliphatic heterocycles. The van der Waals surface area contributed by atoms with E-state index in [-0.39, 0.29) is 19.1 Å². The fourth-order valence-corrected chi connectivity index (χ4v) is 2.15. The predicted octanol–water partition coefficient (Wildman–Crippen LogP) is 1.90. The van der Waals surface area contributed by atoms with Gasteiger partial charge in [-0.15, -0.1) is 0 Å². The Morgan fingerprint density at radius 2 is 1.95 bits per heavy atom. The Morgan fingerprint density at radius 1 is 1.27 bits per heavy atom. The minimum Gasteiger partial charge on any atom is -0.394 e. The van der Waals surface area contributed by atoms with Crippen LogP contribution in [0.5, 0.6) is 0 Å². The quantitative estimate of drug-likeness (QED) is 0.845. The molecule has 1 amide bonds. The monoisotopic (exact) mass is 299 g/mol. The molecule has 5 nitrogen and oxygen atoms in total. The summed E-state index contributed by atoms with van der Waals surface area (Å²) in [5, 5.41) is 14.3. The van der Waals surface area contributed by atoms with Gasteiger partial charge in [-0.2, -0.15) is 5.10 Å². The largest absolute Gasteiger partial charge is 0.394 e. The average Bonchev–Trinajstić information content (AvgIpc) is 2.75. The minimum atomic E-state index is -0.167. The number of amides is 1. The maximum absolute atomic E-state index is 12.1. The van der Waals surface area contributed by atoms with Crippen LogP contribution in [0, 0.1) is 0 Å². The van der Waals surface area contributed by atoms with Gasteiger partial charge in [-0.3, -0.25) is 4.79 Å². The summed E-state index contributed by atoms with van der Waals surface area (Å²) in [6.45, 7) is 1.92. The van der Waals surface area contributed by atoms with Crippen molar-refractivity contribution in [3.8, 4) is 0 Å². The van der Waals surface area contributed by atoms with E-state index >= 15 is 0 Å². The minimum absolute atomic E-state index is 0.0934. The van der Waals surface area contributed by atoms with Crippen LogP contribution in [-0.4, -0.2) is 49.0 Å². The lowest BCUT2D eigenvalue weighted by Gasteiger charge is -2.11. The summed E-state index contributed by atoms with van der Waals surface area (Å²) in [7, 11) is 4.00. The number of benzene rings is 1. The van der Waals surface area contributed by atoms with Crippen molar-refractivity contribution in [2.75, 3.05) is 32.1 Å². The second kappa shape index (κ2) is 7.04. The van der Waals surface area contributed by atoms with E-state index in [2.05, 4.69) is 5.10 Å². The maximum atomic E-state index is 12.1. The number of carbonyl (C=O) groups is 1. The van der Waals surface area contributed by atoms with Crippen LogP contribution in [0.1, 0.15) is 12.5 Å². The van der Waals surface area contributed by atoms with E-state index in [1.165, 1.54) is 5.01 Å². The number of rotatable bonds is 5. The molecule has 0 bridgehead atoms. The lowest BCUT2D eigenvalue weighted by atomic mass is 10.1. The van der Waals surface area contributed by atoms with Crippen LogP contribution in [0.4, 0.5) is 5.69 Å². The third-order valence-corrected chi connectivity index (χ3v) is 3.40. The second-order valence-corrected chi connectivity index (χ2v) is 5.26. The number of hydrazone groups is 1. The molecule has 0 radical (unpaired) electrons. The van der Waals surface area contributed by atoms with Crippen molar-refractivity contribution < 1.29 is 9.90 Å². The van der Waals surface area contributed by atoms with E-state index < -0.39 is 0 Å². The number of aliphatic hydroxyl groups excluding tert-OH is 1. The van der Waals surface area contributed by atoms with Gasteiger partial charge in [0.05, 0.1) is 24.4 Å². The van der Waals surface area contributed by atoms with Crippen molar-refractivity contribution in [3.63, 3.8) is 0 Å². The molecule has 0 aromatic heterocycles. The molecule has 0 spiro atoms. The summed E-state index contributed by atoms with van der Waals surface area (Å²) in [5.74, 6) is -0.167. The smallest absolute Gasteiger partial charge is 0.275 e. The van der Waals surface area contributed by atoms with Gasteiger partial charge in [0.2, 0.25) is 0 Å². The lowest BCUT2D eigenvalue weighted by molar-refractivity contribution is -0.126. The zero-order valence-electron chi connectivity index (χ0n) is 13.2. The second-order valence-electron chi connectivity index (χ2n) is 5.26. The summed E-state index contributed by atoms with van der Waals surface area (Å²) in [6, 6.07) is 8.14. The molecule has 0 aliphatic carbocycles. The number of anilines is 1. The Kier molecular flexibility index (Phi) is 5.12. The van der Waals surface area contributed by atoms with Gasteiger partial charge < -0.3 is 10.0 Å². The number of carbonyl (C=O) groups excluding carboxylic acids is 1. The third kappa shape index (κ3) is 3.62. The Morgan fingerprint density at radius 3 is 2.55 bits per heavy atom. The maximum Gasteiger partial charge on any atom is 0.275 e. The molecule has 5 heteroatoms. The van der Waals surface area contributed by atoms with Gasteiger partial charge in [0.15, 0.2) is 0 Å². The molecule has 2 rings (SSSR count). The predicted molar refractivity (Wildman–Crippen MR) is 89.8 cm³/mol. The summed E-state index contributed by atoms with van der Waals surface area (Å²) in [5.41, 5.74) is 3.44. The van der Waals surface area contributed by atoms with Crippen LogP contribution in [0.3, 0.4) is 0 Å². The number of hydrogen-bond acceptors (Lipinski definition) is 4. The molecular formula is C17H21N3O2. The van der Waals surface area contributed by atoms with Crippen molar-refractivity contribution in [3.05, 3.63) is 47.6 Å². The van der Waals surface area contributed by atoms with E-state index in [0.29, 0.717) is 11.3 Å². The first-order valence-electron chi connectivity index (χ1n) is 7.17. The zero-order chi connectivity index (χ0) is 16.1. The van der Waals surface area contributed by atoms with Crippen molar-refractivity contribution in [1.82, 2.24) is 5.01 Å². The highest BCUT2D eigenvalue weighted by molar-refractivity contribution is 6.24. The number of aliphatic hydroxyl groups is 1. The molecule has 1 N–H and O–H groups in total. The molecule has 0 saturated carbocycles. The molecule has 0 saturated heterocycles. The van der Waals surface area contributed by atoms with Crippen molar-refractivity contribution in [2.45, 2.75) is 6.92 Å². The molecule has 22 heavy (non-hydrogen) atoms. The van der Waals surface area contributed by atoms with Gasteiger partial charge in [0.1, 0.15) is 0 Å². The van der Waals surface area contributed by atoms with Crippen LogP contribution < -0.4 is 4.90 Å². The topological polar surface area (TPSA) is 56.1 Å². The summed E-state index contributed by atoms with van der Waals surface area (Å²) < 4.78 is 0. The Hall–Kier alpha value is -2.40. The highest BCUT2D eigenvalue weighted by atomic mass is 16.3. The number of β-amino-alcohol motifs (C(OH)–C–C–N with tert-alkyl or cyclic N) is 1. The fourth-order valence-electron chi connectivity index (χ4n) is 2.15. The first-order chi connectivity index (χ1) is 10.5. The number of allylic oxidation sites excluding steroid dienone is 2. The number of nitrogens with zero attached hydrogens (tertiary/aromatic N) is 3. The average molecular weight is 299 g/mol. The van der Waals surface area contributed by atoms with Crippen LogP contribution in [0.15, 0.2) is 47.1 Å². The summed E-state index contributed by atoms with van der Waals surface area (Å²) in [6.07, 6.45) is 5.56. The SMILES string of the molecule is CC1=NN(CCO)C(=O)/C1=C\C=C\c1ccc(N(C)C)cc1. The fraction of sp³-hybridized carbons (Fsp3) is 0.294. The third-order valence-electron chi connectivity index (χ3n) is 3.40. The van der Waals surface area contributed by atoms with E-state index in [9.17, 15) is 4.79 Å². The molecule has 1 aliphatic rings. The van der Waals surface area contributed by atoms with Crippen molar-refractivity contribution in [2.24, 2.45) is 5.10 Å². The standard InChI is InChI=1S/C17H21N3O2/c1-13-16(17(22)20(18-13)11-12-21)6-4-5-14-7-9-15(10-8-14)19(2)3/h4-10,21H,11-12H2,1-3H3/b5-4+,16-6-. The van der Waals surface area contributed by atoms with E-state index in [0.717, 1.165) is 11.3 Å². The molecular weight excluding hydrogens is 278 g/mol. The van der Waals surface area contributed by atoms with E-state index in [1.54, 1.807) is 13.0 Å². The first kappa shape index (κ1) is 16.0. The molecule has 1 heterocycles. The first-order valence-corrected chi connectivity index (χ1v) is 7.17. The van der Waals surface area contributed by atoms with Crippen LogP contribution in [-0.2, 0) is 4.79 Å². The van der Waals surface area contributed by atoms with Gasteiger partial charge >= 0.3 is 0 Å². The Bertz CT molecular complexity index is 628. The Labute approximate surface area is 130 Å². The van der Waals surface area contributed by atoms with Gasteiger partial charge in [0, 0.05) is 19.8 Å². The van der Waals surface area contributed by atoms with Gasteiger partial charge in [-0.25, -0.2) is 5.01 Å². The van der Waals surface area contributed by atoms with Gasteiger partial charge in [-0.1, -0.05) is 24.3 Å². The molecule has 0 atom stereocenters. The normalized spacial score (nSPS) is 16.7. The lowest BCUT2D eigenvalue weighted by Crippen LogP contribution is -2.25. The van der Waals surface area contributed by atoms with Gasteiger partial charge in [-0.05, 0) is 30.7 Å². The van der Waals surface area contributed by atoms with Gasteiger partial charge in [0.25, 0.3) is 5.91 Å².